The van der Waals surface area contributed by atoms with Crippen LogP contribution in [0.1, 0.15) is 34.6 Å². The molecule has 1 atom stereocenters. The SMILES string of the molecule is C=CCOC[C@@](C)(NC(C)C)C(=O)C(C)C. The Hall–Kier alpha value is -0.670. The van der Waals surface area contributed by atoms with Crippen molar-refractivity contribution in [2.45, 2.75) is 46.2 Å². The first kappa shape index (κ1) is 15.3. The molecule has 0 unspecified atom stereocenters. The summed E-state index contributed by atoms with van der Waals surface area (Å²) in [6.07, 6.45) is 1.69. The monoisotopic (exact) mass is 227 g/mol. The normalized spacial score (nSPS) is 15.2. The summed E-state index contributed by atoms with van der Waals surface area (Å²) in [7, 11) is 0. The van der Waals surface area contributed by atoms with Crippen LogP contribution in [0.4, 0.5) is 0 Å². The lowest BCUT2D eigenvalue weighted by Crippen LogP contribution is -2.57. The van der Waals surface area contributed by atoms with E-state index < -0.39 is 5.54 Å². The molecule has 16 heavy (non-hydrogen) atoms. The minimum Gasteiger partial charge on any atom is -0.375 e. The Morgan fingerprint density at radius 3 is 2.38 bits per heavy atom. The lowest BCUT2D eigenvalue weighted by atomic mass is 9.89. The molecule has 0 bridgehead atoms. The Balaban J connectivity index is 4.59. The van der Waals surface area contributed by atoms with Crippen molar-refractivity contribution in [3.8, 4) is 0 Å². The zero-order chi connectivity index (χ0) is 12.8. The van der Waals surface area contributed by atoms with Crippen LogP contribution < -0.4 is 5.32 Å². The molecule has 0 aromatic heterocycles. The van der Waals surface area contributed by atoms with E-state index in [1.54, 1.807) is 6.08 Å². The first-order chi connectivity index (χ1) is 7.33. The Morgan fingerprint density at radius 1 is 1.44 bits per heavy atom. The molecular formula is C13H25NO2. The summed E-state index contributed by atoms with van der Waals surface area (Å²) in [6, 6.07) is 0.250. The number of nitrogens with one attached hydrogen (secondary N) is 1. The number of carbonyl (C=O) groups is 1. The molecule has 94 valence electrons. The maximum atomic E-state index is 12.1. The van der Waals surface area contributed by atoms with E-state index in [4.69, 9.17) is 4.74 Å². The smallest absolute Gasteiger partial charge is 0.157 e. The minimum atomic E-state index is -0.606. The predicted molar refractivity (Wildman–Crippen MR) is 67.5 cm³/mol. The number of ether oxygens (including phenoxy) is 1. The van der Waals surface area contributed by atoms with Crippen molar-refractivity contribution in [1.29, 1.82) is 0 Å². The highest BCUT2D eigenvalue weighted by Gasteiger charge is 2.35. The molecular weight excluding hydrogens is 202 g/mol. The highest BCUT2D eigenvalue weighted by atomic mass is 16.5. The van der Waals surface area contributed by atoms with E-state index in [1.807, 2.05) is 34.6 Å². The quantitative estimate of drug-likeness (QED) is 0.510. The average molecular weight is 227 g/mol. The Bertz CT molecular complexity index is 236. The van der Waals surface area contributed by atoms with Crippen LogP contribution in [0.5, 0.6) is 0 Å². The van der Waals surface area contributed by atoms with Gasteiger partial charge in [-0.25, -0.2) is 0 Å². The Labute approximate surface area is 99.3 Å². The number of Topliss-reactive ketones (excluding diaryl/α,β-unsaturated/α-hetero) is 1. The molecule has 3 nitrogen and oxygen atoms in total. The van der Waals surface area contributed by atoms with Crippen molar-refractivity contribution in [2.24, 2.45) is 5.92 Å². The molecule has 0 radical (unpaired) electrons. The van der Waals surface area contributed by atoms with E-state index in [1.165, 1.54) is 0 Å². The zero-order valence-corrected chi connectivity index (χ0v) is 11.2. The summed E-state index contributed by atoms with van der Waals surface area (Å²) >= 11 is 0. The summed E-state index contributed by atoms with van der Waals surface area (Å²) < 4.78 is 5.42. The van der Waals surface area contributed by atoms with Crippen molar-refractivity contribution in [3.05, 3.63) is 12.7 Å². The van der Waals surface area contributed by atoms with Gasteiger partial charge in [0.15, 0.2) is 5.78 Å². The second kappa shape index (κ2) is 6.81. The van der Waals surface area contributed by atoms with Crippen LogP contribution in [0, 0.1) is 5.92 Å². The largest absolute Gasteiger partial charge is 0.375 e. The van der Waals surface area contributed by atoms with Crippen molar-refractivity contribution >= 4 is 5.78 Å². The molecule has 0 amide bonds. The van der Waals surface area contributed by atoms with Gasteiger partial charge in [0.25, 0.3) is 0 Å². The van der Waals surface area contributed by atoms with Gasteiger partial charge in [-0.2, -0.15) is 0 Å². The summed E-state index contributed by atoms with van der Waals surface area (Å²) in [6.45, 7) is 14.2. The van der Waals surface area contributed by atoms with Gasteiger partial charge in [0, 0.05) is 12.0 Å². The Morgan fingerprint density at radius 2 is 2.00 bits per heavy atom. The van der Waals surface area contributed by atoms with Crippen LogP contribution in [-0.4, -0.2) is 30.6 Å². The van der Waals surface area contributed by atoms with Gasteiger partial charge < -0.3 is 10.1 Å². The molecule has 0 aromatic rings. The third kappa shape index (κ3) is 4.90. The van der Waals surface area contributed by atoms with E-state index in [-0.39, 0.29) is 17.7 Å². The maximum Gasteiger partial charge on any atom is 0.157 e. The number of carbonyl (C=O) groups excluding carboxylic acids is 1. The third-order valence-electron chi connectivity index (χ3n) is 2.30. The Kier molecular flexibility index (Phi) is 6.53. The van der Waals surface area contributed by atoms with Crippen LogP contribution in [-0.2, 0) is 9.53 Å². The second-order valence-electron chi connectivity index (χ2n) is 4.95. The average Bonchev–Trinajstić information content (AvgIpc) is 2.15. The highest BCUT2D eigenvalue weighted by Crippen LogP contribution is 2.14. The van der Waals surface area contributed by atoms with Crippen LogP contribution in [0.3, 0.4) is 0 Å². The van der Waals surface area contributed by atoms with Gasteiger partial charge in [-0.3, -0.25) is 4.79 Å². The van der Waals surface area contributed by atoms with Gasteiger partial charge >= 0.3 is 0 Å². The fourth-order valence-corrected chi connectivity index (χ4v) is 1.80. The summed E-state index contributed by atoms with van der Waals surface area (Å²) in [5.74, 6) is 0.189. The first-order valence-corrected chi connectivity index (χ1v) is 5.84. The number of rotatable bonds is 8. The molecule has 0 aromatic carbocycles. The number of hydrogen-bond acceptors (Lipinski definition) is 3. The third-order valence-corrected chi connectivity index (χ3v) is 2.30. The fourth-order valence-electron chi connectivity index (χ4n) is 1.80. The van der Waals surface area contributed by atoms with Crippen molar-refractivity contribution in [1.82, 2.24) is 5.32 Å². The maximum absolute atomic E-state index is 12.1. The summed E-state index contributed by atoms with van der Waals surface area (Å²) in [5.41, 5.74) is -0.606. The standard InChI is InChI=1S/C13H25NO2/c1-7-8-16-9-13(6,14-11(4)5)12(15)10(2)3/h7,10-11,14H,1,8-9H2,2-6H3/t13-/m1/s1. The molecule has 0 rings (SSSR count). The van der Waals surface area contributed by atoms with Gasteiger partial charge in [0.2, 0.25) is 0 Å². The molecule has 0 heterocycles. The number of hydrogen-bond donors (Lipinski definition) is 1. The molecule has 0 fully saturated rings. The minimum absolute atomic E-state index is 0.00332. The van der Waals surface area contributed by atoms with Gasteiger partial charge in [-0.15, -0.1) is 6.58 Å². The van der Waals surface area contributed by atoms with E-state index in [0.29, 0.717) is 13.2 Å². The second-order valence-corrected chi connectivity index (χ2v) is 4.95. The first-order valence-electron chi connectivity index (χ1n) is 5.84. The van der Waals surface area contributed by atoms with Crippen LogP contribution in [0.15, 0.2) is 12.7 Å². The zero-order valence-electron chi connectivity index (χ0n) is 11.2. The predicted octanol–water partition coefficient (Wildman–Crippen LogP) is 2.17. The van der Waals surface area contributed by atoms with Gasteiger partial charge in [0.05, 0.1) is 18.8 Å². The lowest BCUT2D eigenvalue weighted by Gasteiger charge is -2.32. The van der Waals surface area contributed by atoms with E-state index in [9.17, 15) is 4.79 Å². The topological polar surface area (TPSA) is 38.3 Å². The molecule has 0 aliphatic rings. The molecule has 0 saturated carbocycles. The van der Waals surface area contributed by atoms with Crippen molar-refractivity contribution in [2.75, 3.05) is 13.2 Å². The summed E-state index contributed by atoms with van der Waals surface area (Å²) in [5, 5.41) is 3.29. The molecule has 0 aliphatic heterocycles. The molecule has 1 N–H and O–H groups in total. The highest BCUT2D eigenvalue weighted by molar-refractivity contribution is 5.89. The van der Waals surface area contributed by atoms with Gasteiger partial charge in [0.1, 0.15) is 0 Å². The molecule has 0 aliphatic carbocycles. The summed E-state index contributed by atoms with van der Waals surface area (Å²) in [4.78, 5) is 12.1. The van der Waals surface area contributed by atoms with Gasteiger partial charge in [-0.05, 0) is 20.8 Å². The van der Waals surface area contributed by atoms with Crippen molar-refractivity contribution in [3.63, 3.8) is 0 Å². The van der Waals surface area contributed by atoms with E-state index in [0.717, 1.165) is 0 Å². The van der Waals surface area contributed by atoms with Crippen molar-refractivity contribution < 1.29 is 9.53 Å². The fraction of sp³-hybridized carbons (Fsp3) is 0.769. The van der Waals surface area contributed by atoms with Crippen LogP contribution >= 0.6 is 0 Å². The lowest BCUT2D eigenvalue weighted by molar-refractivity contribution is -0.130. The van der Waals surface area contributed by atoms with Gasteiger partial charge in [-0.1, -0.05) is 19.9 Å². The molecule has 3 heteroatoms. The van der Waals surface area contributed by atoms with Crippen LogP contribution in [0.2, 0.25) is 0 Å². The molecule has 0 spiro atoms. The molecule has 0 saturated heterocycles. The van der Waals surface area contributed by atoms with E-state index in [2.05, 4.69) is 11.9 Å². The van der Waals surface area contributed by atoms with E-state index >= 15 is 0 Å². The van der Waals surface area contributed by atoms with Crippen LogP contribution in [0.25, 0.3) is 0 Å². The number of ketones is 1.